The third-order valence-corrected chi connectivity index (χ3v) is 3.90. The van der Waals surface area contributed by atoms with E-state index in [4.69, 9.17) is 9.47 Å². The summed E-state index contributed by atoms with van der Waals surface area (Å²) >= 11 is 3.85. The molecule has 9 heteroatoms. The molecule has 24 heavy (non-hydrogen) atoms. The minimum atomic E-state index is -0.486. The second kappa shape index (κ2) is 8.53. The number of rotatable bonds is 5. The number of thiol groups is 1. The van der Waals surface area contributed by atoms with Gasteiger partial charge in [0.1, 0.15) is 12.7 Å². The van der Waals surface area contributed by atoms with E-state index in [0.717, 1.165) is 0 Å². The third kappa shape index (κ3) is 5.12. The van der Waals surface area contributed by atoms with Crippen LogP contribution in [0.25, 0.3) is 0 Å². The molecular weight excluding hydrogens is 336 g/mol. The molecule has 1 fully saturated rings. The van der Waals surface area contributed by atoms with Crippen LogP contribution in [0.5, 0.6) is 0 Å². The van der Waals surface area contributed by atoms with E-state index in [1.54, 1.807) is 17.0 Å². The van der Waals surface area contributed by atoms with Gasteiger partial charge in [-0.25, -0.2) is 4.79 Å². The molecule has 1 aliphatic rings. The lowest BCUT2D eigenvalue weighted by Gasteiger charge is -2.30. The summed E-state index contributed by atoms with van der Waals surface area (Å²) < 4.78 is 10.4. The van der Waals surface area contributed by atoms with E-state index in [2.05, 4.69) is 12.6 Å². The molecule has 130 valence electrons. The van der Waals surface area contributed by atoms with Crippen LogP contribution in [-0.4, -0.2) is 46.8 Å². The fraction of sp³-hybridized carbons (Fsp3) is 0.467. The number of esters is 1. The highest BCUT2D eigenvalue weighted by molar-refractivity contribution is 7.81. The molecule has 0 bridgehead atoms. The van der Waals surface area contributed by atoms with Crippen molar-refractivity contribution in [2.75, 3.05) is 18.8 Å². The van der Waals surface area contributed by atoms with Gasteiger partial charge in [0.15, 0.2) is 0 Å². The average Bonchev–Trinajstić information content (AvgIpc) is 2.60. The molecule has 0 aromatic heterocycles. The Morgan fingerprint density at radius 1 is 1.25 bits per heavy atom. The van der Waals surface area contributed by atoms with Crippen LogP contribution >= 0.6 is 12.6 Å². The molecule has 8 nitrogen and oxygen atoms in total. The fourth-order valence-electron chi connectivity index (χ4n) is 2.33. The number of nitro benzene ring substituents is 1. The van der Waals surface area contributed by atoms with Crippen LogP contribution in [-0.2, 0) is 20.9 Å². The van der Waals surface area contributed by atoms with Crippen molar-refractivity contribution in [3.8, 4) is 0 Å². The van der Waals surface area contributed by atoms with Crippen molar-refractivity contribution in [1.29, 1.82) is 0 Å². The SMILES string of the molecule is O=C(CS)OC1CCN(C(=O)OCc2ccc([N+](=O)[O-])cc2)CC1. The third-order valence-electron chi connectivity index (χ3n) is 3.64. The Hall–Kier alpha value is -2.29. The van der Waals surface area contributed by atoms with Gasteiger partial charge in [-0.15, -0.1) is 0 Å². The number of non-ortho nitro benzene ring substituents is 1. The van der Waals surface area contributed by atoms with E-state index in [-0.39, 0.29) is 30.1 Å². The smallest absolute Gasteiger partial charge is 0.410 e. The van der Waals surface area contributed by atoms with E-state index >= 15 is 0 Å². The van der Waals surface area contributed by atoms with Gasteiger partial charge >= 0.3 is 12.1 Å². The molecular formula is C15H18N2O6S. The molecule has 0 spiro atoms. The van der Waals surface area contributed by atoms with Crippen LogP contribution < -0.4 is 0 Å². The summed E-state index contributed by atoms with van der Waals surface area (Å²) in [4.78, 5) is 34.8. The van der Waals surface area contributed by atoms with E-state index in [9.17, 15) is 19.7 Å². The average molecular weight is 354 g/mol. The van der Waals surface area contributed by atoms with Gasteiger partial charge in [0, 0.05) is 38.1 Å². The minimum absolute atomic E-state index is 0.0112. The molecule has 0 radical (unpaired) electrons. The number of amides is 1. The van der Waals surface area contributed by atoms with Crippen LogP contribution in [0.2, 0.25) is 0 Å². The van der Waals surface area contributed by atoms with Crippen molar-refractivity contribution in [2.45, 2.75) is 25.6 Å². The van der Waals surface area contributed by atoms with E-state index in [1.165, 1.54) is 12.1 Å². The number of hydrogen-bond donors (Lipinski definition) is 1. The van der Waals surface area contributed by atoms with Gasteiger partial charge in [-0.1, -0.05) is 0 Å². The van der Waals surface area contributed by atoms with Crippen molar-refractivity contribution in [2.24, 2.45) is 0 Å². The van der Waals surface area contributed by atoms with Crippen LogP contribution in [0.4, 0.5) is 10.5 Å². The molecule has 1 aliphatic heterocycles. The Morgan fingerprint density at radius 3 is 2.42 bits per heavy atom. The maximum Gasteiger partial charge on any atom is 0.410 e. The monoisotopic (exact) mass is 354 g/mol. The number of piperidine rings is 1. The Kier molecular flexibility index (Phi) is 6.42. The van der Waals surface area contributed by atoms with Crippen molar-refractivity contribution in [3.63, 3.8) is 0 Å². The summed E-state index contributed by atoms with van der Waals surface area (Å²) in [6.07, 6.45) is 0.480. The number of likely N-dealkylation sites (tertiary alicyclic amines) is 1. The zero-order valence-electron chi connectivity index (χ0n) is 12.9. The molecule has 0 atom stereocenters. The predicted molar refractivity (Wildman–Crippen MR) is 87.8 cm³/mol. The summed E-state index contributed by atoms with van der Waals surface area (Å²) in [5.41, 5.74) is 0.662. The highest BCUT2D eigenvalue weighted by atomic mass is 32.1. The molecule has 1 aromatic carbocycles. The Balaban J connectivity index is 1.75. The Bertz CT molecular complexity index is 598. The zero-order chi connectivity index (χ0) is 17.5. The lowest BCUT2D eigenvalue weighted by molar-refractivity contribution is -0.384. The van der Waals surface area contributed by atoms with Crippen LogP contribution in [0.1, 0.15) is 18.4 Å². The van der Waals surface area contributed by atoms with Crippen LogP contribution in [0.3, 0.4) is 0 Å². The molecule has 1 saturated heterocycles. The second-order valence-corrected chi connectivity index (χ2v) is 5.63. The van der Waals surface area contributed by atoms with Crippen LogP contribution in [0, 0.1) is 10.1 Å². The first-order valence-corrected chi connectivity index (χ1v) is 8.08. The Morgan fingerprint density at radius 2 is 1.88 bits per heavy atom. The zero-order valence-corrected chi connectivity index (χ0v) is 13.8. The number of ether oxygens (including phenoxy) is 2. The van der Waals surface area contributed by atoms with E-state index in [1.807, 2.05) is 0 Å². The largest absolute Gasteiger partial charge is 0.462 e. The molecule has 0 aliphatic carbocycles. The van der Waals surface area contributed by atoms with Crippen molar-refractivity contribution in [3.05, 3.63) is 39.9 Å². The van der Waals surface area contributed by atoms with Gasteiger partial charge in [0.2, 0.25) is 0 Å². The van der Waals surface area contributed by atoms with Crippen LogP contribution in [0.15, 0.2) is 24.3 Å². The summed E-state index contributed by atoms with van der Waals surface area (Å²) in [6.45, 7) is 0.943. The van der Waals surface area contributed by atoms with Gasteiger partial charge in [0.05, 0.1) is 10.7 Å². The molecule has 1 heterocycles. The molecule has 1 aromatic rings. The minimum Gasteiger partial charge on any atom is -0.462 e. The molecule has 2 rings (SSSR count). The van der Waals surface area contributed by atoms with Gasteiger partial charge in [-0.3, -0.25) is 14.9 Å². The lowest BCUT2D eigenvalue weighted by atomic mass is 10.1. The maximum absolute atomic E-state index is 12.0. The number of carbonyl (C=O) groups is 2. The van der Waals surface area contributed by atoms with Gasteiger partial charge in [0.25, 0.3) is 5.69 Å². The maximum atomic E-state index is 12.0. The predicted octanol–water partition coefficient (Wildman–Crippen LogP) is 2.17. The number of nitrogens with zero attached hydrogens (tertiary/aromatic N) is 2. The van der Waals surface area contributed by atoms with Crippen molar-refractivity contribution >= 4 is 30.4 Å². The summed E-state index contributed by atoms with van der Waals surface area (Å²) in [5.74, 6) is -0.324. The normalized spacial score (nSPS) is 15.0. The van der Waals surface area contributed by atoms with E-state index < -0.39 is 11.0 Å². The summed E-state index contributed by atoms with van der Waals surface area (Å²) in [7, 11) is 0. The second-order valence-electron chi connectivity index (χ2n) is 5.31. The number of benzene rings is 1. The standard InChI is InChI=1S/C15H18N2O6S/c18-14(10-24)23-13-5-7-16(8-6-13)15(19)22-9-11-1-3-12(4-2-11)17(20)21/h1-4,13,24H,5-10H2. The first kappa shape index (κ1) is 18.1. The lowest BCUT2D eigenvalue weighted by Crippen LogP contribution is -2.41. The van der Waals surface area contributed by atoms with E-state index in [0.29, 0.717) is 31.5 Å². The Labute approximate surface area is 144 Å². The molecule has 0 unspecified atom stereocenters. The van der Waals surface area contributed by atoms with Gasteiger partial charge < -0.3 is 14.4 Å². The molecule has 0 N–H and O–H groups in total. The molecule has 0 saturated carbocycles. The number of carbonyl (C=O) groups excluding carboxylic acids is 2. The summed E-state index contributed by atoms with van der Waals surface area (Å²) in [6, 6.07) is 5.83. The highest BCUT2D eigenvalue weighted by Crippen LogP contribution is 2.16. The summed E-state index contributed by atoms with van der Waals surface area (Å²) in [5, 5.41) is 10.6. The van der Waals surface area contributed by atoms with Crippen molar-refractivity contribution in [1.82, 2.24) is 4.90 Å². The first-order valence-electron chi connectivity index (χ1n) is 7.45. The highest BCUT2D eigenvalue weighted by Gasteiger charge is 2.25. The quantitative estimate of drug-likeness (QED) is 0.376. The number of nitro groups is 1. The first-order chi connectivity index (χ1) is 11.5. The fourth-order valence-corrected chi connectivity index (χ4v) is 2.40. The van der Waals surface area contributed by atoms with Gasteiger partial charge in [-0.05, 0) is 17.7 Å². The van der Waals surface area contributed by atoms with Crippen molar-refractivity contribution < 1.29 is 24.0 Å². The van der Waals surface area contributed by atoms with Gasteiger partial charge in [-0.2, -0.15) is 12.6 Å². The molecule has 1 amide bonds. The number of hydrogen-bond acceptors (Lipinski definition) is 7. The topological polar surface area (TPSA) is 99.0 Å².